The fourth-order valence-electron chi connectivity index (χ4n) is 2.89. The largest absolute Gasteiger partial charge is 0.390 e. The van der Waals surface area contributed by atoms with Crippen molar-refractivity contribution in [3.8, 4) is 11.3 Å². The maximum atomic E-state index is 13.4. The SMILES string of the molecule is C[C@@H]1CN(C(=O)c2cn[nH]c2-c2cccc(F)c2)CC[C@]1(C)O. The highest BCUT2D eigenvalue weighted by atomic mass is 19.1. The number of rotatable bonds is 2. The average Bonchev–Trinajstić information content (AvgIpc) is 2.99. The minimum Gasteiger partial charge on any atom is -0.390 e. The van der Waals surface area contributed by atoms with Crippen LogP contribution in [0.25, 0.3) is 11.3 Å². The quantitative estimate of drug-likeness (QED) is 0.894. The summed E-state index contributed by atoms with van der Waals surface area (Å²) in [5.74, 6) is -0.525. The van der Waals surface area contributed by atoms with Gasteiger partial charge >= 0.3 is 0 Å². The van der Waals surface area contributed by atoms with Crippen LogP contribution < -0.4 is 0 Å². The number of benzene rings is 1. The molecule has 0 unspecified atom stereocenters. The van der Waals surface area contributed by atoms with Crippen LogP contribution in [0.3, 0.4) is 0 Å². The molecule has 1 fully saturated rings. The molecule has 1 aromatic heterocycles. The number of carbonyl (C=O) groups is 1. The molecule has 1 aromatic carbocycles. The smallest absolute Gasteiger partial charge is 0.257 e. The van der Waals surface area contributed by atoms with Crippen LogP contribution in [0.2, 0.25) is 0 Å². The van der Waals surface area contributed by atoms with Gasteiger partial charge in [0.25, 0.3) is 5.91 Å². The molecule has 1 saturated heterocycles. The molecule has 0 spiro atoms. The molecule has 1 aliphatic heterocycles. The van der Waals surface area contributed by atoms with Crippen molar-refractivity contribution >= 4 is 5.91 Å². The Morgan fingerprint density at radius 2 is 2.30 bits per heavy atom. The number of halogens is 1. The number of aliphatic hydroxyl groups is 1. The van der Waals surface area contributed by atoms with Gasteiger partial charge in [0.2, 0.25) is 0 Å². The van der Waals surface area contributed by atoms with Crippen molar-refractivity contribution in [3.63, 3.8) is 0 Å². The lowest BCUT2D eigenvalue weighted by atomic mass is 9.83. The average molecular weight is 317 g/mol. The minimum atomic E-state index is -0.751. The Labute approximate surface area is 134 Å². The van der Waals surface area contributed by atoms with Gasteiger partial charge in [-0.2, -0.15) is 5.10 Å². The molecule has 0 radical (unpaired) electrons. The van der Waals surface area contributed by atoms with E-state index in [0.717, 1.165) is 0 Å². The van der Waals surface area contributed by atoms with Crippen molar-refractivity contribution in [3.05, 3.63) is 41.8 Å². The van der Waals surface area contributed by atoms with E-state index in [1.165, 1.54) is 18.3 Å². The predicted octanol–water partition coefficient (Wildman–Crippen LogP) is 2.45. The zero-order valence-corrected chi connectivity index (χ0v) is 13.2. The highest BCUT2D eigenvalue weighted by Crippen LogP contribution is 2.29. The zero-order chi connectivity index (χ0) is 16.6. The van der Waals surface area contributed by atoms with E-state index < -0.39 is 5.60 Å². The van der Waals surface area contributed by atoms with E-state index in [1.54, 1.807) is 24.0 Å². The Bertz CT molecular complexity index is 726. The van der Waals surface area contributed by atoms with Crippen LogP contribution >= 0.6 is 0 Å². The highest BCUT2D eigenvalue weighted by molar-refractivity contribution is 5.99. The number of H-pyrrole nitrogens is 1. The van der Waals surface area contributed by atoms with Crippen molar-refractivity contribution in [2.45, 2.75) is 25.9 Å². The minimum absolute atomic E-state index is 0.00952. The number of amides is 1. The van der Waals surface area contributed by atoms with Crippen LogP contribution in [0.5, 0.6) is 0 Å². The van der Waals surface area contributed by atoms with Crippen LogP contribution in [0.4, 0.5) is 4.39 Å². The fraction of sp³-hybridized carbons (Fsp3) is 0.412. The Morgan fingerprint density at radius 1 is 1.52 bits per heavy atom. The summed E-state index contributed by atoms with van der Waals surface area (Å²) in [6.07, 6.45) is 2.01. The number of hydrogen-bond donors (Lipinski definition) is 2. The van der Waals surface area contributed by atoms with Crippen LogP contribution in [0, 0.1) is 11.7 Å². The number of likely N-dealkylation sites (tertiary alicyclic amines) is 1. The number of piperidine rings is 1. The maximum absolute atomic E-state index is 13.4. The van der Waals surface area contributed by atoms with Crippen molar-refractivity contribution in [2.75, 3.05) is 13.1 Å². The second-order valence-electron chi connectivity index (χ2n) is 6.43. The van der Waals surface area contributed by atoms with Crippen molar-refractivity contribution in [1.29, 1.82) is 0 Å². The molecular weight excluding hydrogens is 297 g/mol. The first-order valence-corrected chi connectivity index (χ1v) is 7.69. The third kappa shape index (κ3) is 2.99. The Balaban J connectivity index is 1.86. The molecule has 2 atom stereocenters. The van der Waals surface area contributed by atoms with Gasteiger partial charge in [-0.1, -0.05) is 19.1 Å². The molecule has 1 aliphatic rings. The van der Waals surface area contributed by atoms with E-state index in [0.29, 0.717) is 36.3 Å². The third-order valence-corrected chi connectivity index (χ3v) is 4.71. The summed E-state index contributed by atoms with van der Waals surface area (Å²) in [5.41, 5.74) is 0.769. The second kappa shape index (κ2) is 5.77. The molecule has 2 aromatic rings. The molecule has 6 heteroatoms. The molecule has 0 saturated carbocycles. The lowest BCUT2D eigenvalue weighted by molar-refractivity contribution is -0.0439. The number of aromatic amines is 1. The predicted molar refractivity (Wildman–Crippen MR) is 84.3 cm³/mol. The summed E-state index contributed by atoms with van der Waals surface area (Å²) in [4.78, 5) is 14.5. The molecule has 1 amide bonds. The summed E-state index contributed by atoms with van der Waals surface area (Å²) < 4.78 is 13.4. The van der Waals surface area contributed by atoms with Gasteiger partial charge in [0.1, 0.15) is 5.82 Å². The number of carbonyl (C=O) groups excluding carboxylic acids is 1. The first kappa shape index (κ1) is 15.7. The van der Waals surface area contributed by atoms with Crippen molar-refractivity contribution < 1.29 is 14.3 Å². The van der Waals surface area contributed by atoms with E-state index in [4.69, 9.17) is 0 Å². The van der Waals surface area contributed by atoms with E-state index in [2.05, 4.69) is 10.2 Å². The van der Waals surface area contributed by atoms with Crippen LogP contribution in [0.1, 0.15) is 30.6 Å². The van der Waals surface area contributed by atoms with Gasteiger partial charge in [-0.25, -0.2) is 4.39 Å². The first-order chi connectivity index (χ1) is 10.9. The Kier molecular flexibility index (Phi) is 3.93. The topological polar surface area (TPSA) is 69.2 Å². The molecule has 5 nitrogen and oxygen atoms in total. The summed E-state index contributed by atoms with van der Waals surface area (Å²) in [5, 5.41) is 17.0. The number of aromatic nitrogens is 2. The van der Waals surface area contributed by atoms with E-state index >= 15 is 0 Å². The molecule has 0 aliphatic carbocycles. The van der Waals surface area contributed by atoms with Crippen LogP contribution in [0.15, 0.2) is 30.5 Å². The molecule has 3 rings (SSSR count). The monoisotopic (exact) mass is 317 g/mol. The van der Waals surface area contributed by atoms with Gasteiger partial charge in [0.15, 0.2) is 0 Å². The molecule has 23 heavy (non-hydrogen) atoms. The normalized spacial score (nSPS) is 24.7. The van der Waals surface area contributed by atoms with Gasteiger partial charge in [-0.15, -0.1) is 0 Å². The fourth-order valence-corrected chi connectivity index (χ4v) is 2.89. The number of hydrogen-bond acceptors (Lipinski definition) is 3. The standard InChI is InChI=1S/C17H20FN3O2/c1-11-10-21(7-6-17(11,2)23)16(22)14-9-19-20-15(14)12-4-3-5-13(18)8-12/h3-5,8-9,11,23H,6-7,10H2,1-2H3,(H,19,20)/t11-,17+/m1/s1. The summed E-state index contributed by atoms with van der Waals surface area (Å²) in [7, 11) is 0. The Hall–Kier alpha value is -2.21. The van der Waals surface area contributed by atoms with Gasteiger partial charge in [0, 0.05) is 24.6 Å². The highest BCUT2D eigenvalue weighted by Gasteiger charge is 2.37. The lowest BCUT2D eigenvalue weighted by Crippen LogP contribution is -2.50. The molecule has 122 valence electrons. The number of nitrogens with zero attached hydrogens (tertiary/aromatic N) is 2. The van der Waals surface area contributed by atoms with Gasteiger partial charge in [-0.05, 0) is 25.5 Å². The first-order valence-electron chi connectivity index (χ1n) is 7.69. The summed E-state index contributed by atoms with van der Waals surface area (Å²) in [6, 6.07) is 6.06. The van der Waals surface area contributed by atoms with Gasteiger partial charge < -0.3 is 10.0 Å². The zero-order valence-electron chi connectivity index (χ0n) is 13.2. The van der Waals surface area contributed by atoms with E-state index in [1.807, 2.05) is 6.92 Å². The third-order valence-electron chi connectivity index (χ3n) is 4.71. The van der Waals surface area contributed by atoms with E-state index in [-0.39, 0.29) is 17.6 Å². The maximum Gasteiger partial charge on any atom is 0.257 e. The summed E-state index contributed by atoms with van der Waals surface area (Å²) >= 11 is 0. The van der Waals surface area contributed by atoms with Crippen LogP contribution in [-0.4, -0.2) is 44.8 Å². The lowest BCUT2D eigenvalue weighted by Gasteiger charge is -2.41. The molecule has 2 heterocycles. The van der Waals surface area contributed by atoms with E-state index in [9.17, 15) is 14.3 Å². The van der Waals surface area contributed by atoms with Gasteiger partial charge in [-0.3, -0.25) is 9.89 Å². The van der Waals surface area contributed by atoms with Gasteiger partial charge in [0.05, 0.1) is 23.1 Å². The van der Waals surface area contributed by atoms with Crippen LogP contribution in [-0.2, 0) is 0 Å². The number of nitrogens with one attached hydrogen (secondary N) is 1. The summed E-state index contributed by atoms with van der Waals surface area (Å²) in [6.45, 7) is 4.71. The second-order valence-corrected chi connectivity index (χ2v) is 6.43. The molecular formula is C17H20FN3O2. The molecule has 0 bridgehead atoms. The Morgan fingerprint density at radius 3 is 3.00 bits per heavy atom. The molecule has 2 N–H and O–H groups in total. The van der Waals surface area contributed by atoms with Crippen molar-refractivity contribution in [1.82, 2.24) is 15.1 Å². The van der Waals surface area contributed by atoms with Crippen molar-refractivity contribution in [2.24, 2.45) is 5.92 Å².